The average molecular weight is 349 g/mol. The van der Waals surface area contributed by atoms with Gasteiger partial charge >= 0.3 is 0 Å². The molecular formula is C18H12FN5O2. The van der Waals surface area contributed by atoms with Crippen LogP contribution in [0, 0.1) is 12.7 Å². The van der Waals surface area contributed by atoms with Gasteiger partial charge in [-0.15, -0.1) is 0 Å². The lowest BCUT2D eigenvalue weighted by atomic mass is 9.96. The van der Waals surface area contributed by atoms with Gasteiger partial charge in [-0.2, -0.15) is 5.10 Å². The van der Waals surface area contributed by atoms with Crippen molar-refractivity contribution in [2.24, 2.45) is 0 Å². The van der Waals surface area contributed by atoms with E-state index in [0.717, 1.165) is 0 Å². The van der Waals surface area contributed by atoms with Crippen molar-refractivity contribution in [1.82, 2.24) is 20.2 Å². The Morgan fingerprint density at radius 1 is 1.23 bits per heavy atom. The van der Waals surface area contributed by atoms with Crippen LogP contribution < -0.4 is 11.3 Å². The monoisotopic (exact) mass is 349 g/mol. The van der Waals surface area contributed by atoms with E-state index >= 15 is 0 Å². The number of aromatic amines is 2. The van der Waals surface area contributed by atoms with Gasteiger partial charge in [0.15, 0.2) is 5.58 Å². The molecule has 4 heterocycles. The lowest BCUT2D eigenvalue weighted by Crippen LogP contribution is -2.14. The van der Waals surface area contributed by atoms with Gasteiger partial charge in [0, 0.05) is 17.0 Å². The Balaban J connectivity index is 2.08. The van der Waals surface area contributed by atoms with E-state index in [1.807, 2.05) is 0 Å². The van der Waals surface area contributed by atoms with Crippen LogP contribution in [0.2, 0.25) is 0 Å². The minimum atomic E-state index is -0.440. The Morgan fingerprint density at radius 3 is 2.92 bits per heavy atom. The smallest absolute Gasteiger partial charge is 0.272 e. The lowest BCUT2D eigenvalue weighted by Gasteiger charge is -2.12. The van der Waals surface area contributed by atoms with Gasteiger partial charge < -0.3 is 15.1 Å². The molecule has 4 N–H and O–H groups in total. The highest BCUT2D eigenvalue weighted by molar-refractivity contribution is 6.15. The number of furan rings is 1. The van der Waals surface area contributed by atoms with Crippen LogP contribution in [0.5, 0.6) is 0 Å². The summed E-state index contributed by atoms with van der Waals surface area (Å²) in [7, 11) is 0. The van der Waals surface area contributed by atoms with Gasteiger partial charge in [-0.3, -0.25) is 9.89 Å². The number of aryl methyl sites for hydroxylation is 1. The van der Waals surface area contributed by atoms with E-state index in [1.165, 1.54) is 18.5 Å². The molecule has 0 bridgehead atoms. The highest BCUT2D eigenvalue weighted by atomic mass is 19.1. The predicted molar refractivity (Wildman–Crippen MR) is 96.3 cm³/mol. The molecule has 0 saturated carbocycles. The largest absolute Gasteiger partial charge is 0.462 e. The molecule has 0 radical (unpaired) electrons. The van der Waals surface area contributed by atoms with Crippen LogP contribution in [-0.2, 0) is 0 Å². The fraction of sp³-hybridized carbons (Fsp3) is 0.0556. The van der Waals surface area contributed by atoms with Crippen LogP contribution in [0.1, 0.15) is 5.69 Å². The number of halogens is 1. The zero-order valence-electron chi connectivity index (χ0n) is 13.6. The first-order valence-electron chi connectivity index (χ1n) is 7.87. The van der Waals surface area contributed by atoms with Gasteiger partial charge in [0.25, 0.3) is 5.56 Å². The molecule has 7 nitrogen and oxygen atoms in total. The summed E-state index contributed by atoms with van der Waals surface area (Å²) in [5, 5.41) is 7.71. The second-order valence-electron chi connectivity index (χ2n) is 6.08. The molecule has 5 rings (SSSR count). The van der Waals surface area contributed by atoms with E-state index in [0.29, 0.717) is 44.2 Å². The van der Waals surface area contributed by atoms with Crippen LogP contribution in [0.4, 0.5) is 10.1 Å². The summed E-state index contributed by atoms with van der Waals surface area (Å²) >= 11 is 0. The summed E-state index contributed by atoms with van der Waals surface area (Å²) < 4.78 is 19.7. The van der Waals surface area contributed by atoms with Crippen LogP contribution in [0.3, 0.4) is 0 Å². The molecule has 1 aromatic carbocycles. The first-order valence-corrected chi connectivity index (χ1v) is 7.87. The second kappa shape index (κ2) is 4.92. The summed E-state index contributed by atoms with van der Waals surface area (Å²) in [4.78, 5) is 19.7. The zero-order valence-corrected chi connectivity index (χ0v) is 13.6. The third kappa shape index (κ3) is 1.78. The number of hydrogen-bond donors (Lipinski definition) is 3. The van der Waals surface area contributed by atoms with Crippen molar-refractivity contribution in [3.8, 4) is 11.1 Å². The molecule has 8 heteroatoms. The molecule has 0 fully saturated rings. The van der Waals surface area contributed by atoms with E-state index in [2.05, 4.69) is 20.2 Å². The molecule has 128 valence electrons. The van der Waals surface area contributed by atoms with E-state index in [9.17, 15) is 9.18 Å². The summed E-state index contributed by atoms with van der Waals surface area (Å²) in [5.74, 6) is -0.435. The van der Waals surface area contributed by atoms with E-state index in [4.69, 9.17) is 10.2 Å². The number of nitrogens with zero attached hydrogens (tertiary/aromatic N) is 2. The van der Waals surface area contributed by atoms with Crippen LogP contribution in [0.25, 0.3) is 44.0 Å². The summed E-state index contributed by atoms with van der Waals surface area (Å²) in [5.41, 5.74) is 9.37. The molecular weight excluding hydrogens is 337 g/mol. The van der Waals surface area contributed by atoms with Crippen LogP contribution in [-0.4, -0.2) is 20.2 Å². The van der Waals surface area contributed by atoms with E-state index in [1.54, 1.807) is 19.1 Å². The number of benzene rings is 1. The molecule has 0 atom stereocenters. The number of aromatic nitrogens is 4. The predicted octanol–water partition coefficient (Wildman–Crippen LogP) is 3.24. The zero-order chi connectivity index (χ0) is 18.0. The Bertz CT molecular complexity index is 1400. The Kier molecular flexibility index (Phi) is 2.77. The maximum absolute atomic E-state index is 14.1. The van der Waals surface area contributed by atoms with Crippen molar-refractivity contribution in [2.45, 2.75) is 6.92 Å². The summed E-state index contributed by atoms with van der Waals surface area (Å²) in [6.45, 7) is 1.79. The number of anilines is 1. The number of nitrogens with two attached hydrogens (primary N) is 1. The van der Waals surface area contributed by atoms with Crippen LogP contribution in [0.15, 0.2) is 39.9 Å². The minimum absolute atomic E-state index is 0.0231. The fourth-order valence-electron chi connectivity index (χ4n) is 3.43. The first kappa shape index (κ1) is 14.6. The Morgan fingerprint density at radius 2 is 2.08 bits per heavy atom. The van der Waals surface area contributed by atoms with Crippen LogP contribution >= 0.6 is 0 Å². The number of rotatable bonds is 1. The maximum atomic E-state index is 14.1. The summed E-state index contributed by atoms with van der Waals surface area (Å²) in [6.07, 6.45) is 3.04. The highest BCUT2D eigenvalue weighted by Gasteiger charge is 2.21. The van der Waals surface area contributed by atoms with Crippen molar-refractivity contribution in [3.05, 3.63) is 52.5 Å². The first-order chi connectivity index (χ1) is 12.6. The van der Waals surface area contributed by atoms with Gasteiger partial charge in [0.2, 0.25) is 0 Å². The fourth-order valence-corrected chi connectivity index (χ4v) is 3.43. The number of H-pyrrole nitrogens is 2. The quantitative estimate of drug-likeness (QED) is 0.430. The average Bonchev–Trinajstić information content (AvgIpc) is 3.27. The standard InChI is InChI=1S/C18H12FN5O2/c1-7-15-13(17-11(22-7)4-5-26-17)12(14(20)18(25)23-15)8-2-3-10(19)16-9(8)6-21-24-16/h2-6H,20H2,1H3,(H,21,24)(H,23,25). The molecule has 5 aromatic rings. The number of pyridine rings is 2. The third-order valence-corrected chi connectivity index (χ3v) is 4.61. The minimum Gasteiger partial charge on any atom is -0.462 e. The Labute approximate surface area is 144 Å². The number of hydrogen-bond acceptors (Lipinski definition) is 5. The van der Waals surface area contributed by atoms with Crippen molar-refractivity contribution >= 4 is 38.6 Å². The van der Waals surface area contributed by atoms with Crippen molar-refractivity contribution in [3.63, 3.8) is 0 Å². The summed E-state index contributed by atoms with van der Waals surface area (Å²) in [6, 6.07) is 4.64. The number of nitrogen functional groups attached to an aromatic ring is 1. The highest BCUT2D eigenvalue weighted by Crippen LogP contribution is 2.39. The van der Waals surface area contributed by atoms with Crippen molar-refractivity contribution < 1.29 is 8.81 Å². The lowest BCUT2D eigenvalue weighted by molar-refractivity contribution is 0.618. The molecule has 0 aliphatic carbocycles. The molecule has 0 saturated heterocycles. The third-order valence-electron chi connectivity index (χ3n) is 4.61. The van der Waals surface area contributed by atoms with Gasteiger partial charge in [0.05, 0.1) is 29.1 Å². The molecule has 0 aliphatic heterocycles. The van der Waals surface area contributed by atoms with E-state index in [-0.39, 0.29) is 11.2 Å². The topological polar surface area (TPSA) is 114 Å². The van der Waals surface area contributed by atoms with Gasteiger partial charge in [-0.1, -0.05) is 6.07 Å². The molecule has 0 amide bonds. The molecule has 0 unspecified atom stereocenters. The Hall–Kier alpha value is -3.68. The molecule has 0 spiro atoms. The molecule has 26 heavy (non-hydrogen) atoms. The maximum Gasteiger partial charge on any atom is 0.272 e. The van der Waals surface area contributed by atoms with Crippen molar-refractivity contribution in [2.75, 3.05) is 5.73 Å². The van der Waals surface area contributed by atoms with E-state index < -0.39 is 11.4 Å². The molecule has 4 aromatic heterocycles. The number of nitrogens with one attached hydrogen (secondary N) is 2. The SMILES string of the molecule is Cc1nc2ccoc2c2c(-c3ccc(F)c4[nH]ncc34)c(N)c(=O)[nH]c12. The van der Waals surface area contributed by atoms with Crippen molar-refractivity contribution in [1.29, 1.82) is 0 Å². The second-order valence-corrected chi connectivity index (χ2v) is 6.08. The van der Waals surface area contributed by atoms with Gasteiger partial charge in [-0.25, -0.2) is 9.37 Å². The van der Waals surface area contributed by atoms with Gasteiger partial charge in [0.1, 0.15) is 22.5 Å². The normalized spacial score (nSPS) is 11.8. The molecule has 0 aliphatic rings. The number of fused-ring (bicyclic) bond motifs is 4. The van der Waals surface area contributed by atoms with Gasteiger partial charge in [-0.05, 0) is 18.6 Å².